The lowest BCUT2D eigenvalue weighted by molar-refractivity contribution is -0.140. The predicted molar refractivity (Wildman–Crippen MR) is 71.7 cm³/mol. The third-order valence-electron chi connectivity index (χ3n) is 2.37. The summed E-state index contributed by atoms with van der Waals surface area (Å²) in [7, 11) is 0. The van der Waals surface area contributed by atoms with Gasteiger partial charge in [0.2, 0.25) is 0 Å². The first-order valence-electron chi connectivity index (χ1n) is 5.38. The number of halogens is 4. The molecule has 0 bridgehead atoms. The lowest BCUT2D eigenvalue weighted by Crippen LogP contribution is -2.04. The predicted octanol–water partition coefficient (Wildman–Crippen LogP) is 4.75. The Kier molecular flexibility index (Phi) is 4.25. The normalized spacial score (nSPS) is 11.8. The van der Waals surface area contributed by atoms with Crippen molar-refractivity contribution in [2.45, 2.75) is 19.0 Å². The Bertz CT molecular complexity index is 581. The van der Waals surface area contributed by atoms with Crippen molar-refractivity contribution in [2.75, 3.05) is 0 Å². The van der Waals surface area contributed by atoms with Gasteiger partial charge in [-0.1, -0.05) is 6.92 Å². The molecule has 0 spiro atoms. The van der Waals surface area contributed by atoms with Crippen molar-refractivity contribution < 1.29 is 13.2 Å². The van der Waals surface area contributed by atoms with E-state index in [2.05, 4.69) is 32.8 Å². The fourth-order valence-corrected chi connectivity index (χ4v) is 2.88. The minimum Gasteiger partial charge on any atom is -0.260 e. The summed E-state index contributed by atoms with van der Waals surface area (Å²) in [5.41, 5.74) is 0.547. The van der Waals surface area contributed by atoms with E-state index in [4.69, 9.17) is 0 Å². The number of hydrogen-bond donors (Lipinski definition) is 0. The Morgan fingerprint density at radius 2 is 2.11 bits per heavy atom. The Morgan fingerprint density at radius 1 is 1.37 bits per heavy atom. The molecule has 0 N–H and O–H groups in total. The first-order chi connectivity index (χ1) is 8.91. The zero-order valence-electron chi connectivity index (χ0n) is 9.67. The van der Waals surface area contributed by atoms with Crippen molar-refractivity contribution in [2.24, 2.45) is 0 Å². The molecule has 0 aromatic carbocycles. The van der Waals surface area contributed by atoms with Gasteiger partial charge in [-0.05, 0) is 34.8 Å². The zero-order chi connectivity index (χ0) is 14.0. The Balaban J connectivity index is 2.41. The topological polar surface area (TPSA) is 25.8 Å². The molecular formula is C12H9BrF3N2S. The highest BCUT2D eigenvalue weighted by molar-refractivity contribution is 9.10. The molecule has 101 valence electrons. The molecule has 0 saturated carbocycles. The van der Waals surface area contributed by atoms with E-state index in [1.807, 2.05) is 0 Å². The van der Waals surface area contributed by atoms with Crippen LogP contribution in [-0.4, -0.2) is 9.97 Å². The summed E-state index contributed by atoms with van der Waals surface area (Å²) in [5.74, 6) is 0. The van der Waals surface area contributed by atoms with Crippen LogP contribution in [0.25, 0.3) is 10.6 Å². The zero-order valence-corrected chi connectivity index (χ0v) is 12.1. The molecule has 2 aromatic heterocycles. The summed E-state index contributed by atoms with van der Waals surface area (Å²) in [6.45, 7) is 3.73. The van der Waals surface area contributed by atoms with Crippen molar-refractivity contribution >= 4 is 27.3 Å². The number of thiazole rings is 1. The number of alkyl halides is 3. The lowest BCUT2D eigenvalue weighted by atomic mass is 10.2. The summed E-state index contributed by atoms with van der Waals surface area (Å²) < 4.78 is 38.2. The summed E-state index contributed by atoms with van der Waals surface area (Å²) in [5, 5.41) is 1.34. The molecule has 0 saturated heterocycles. The highest BCUT2D eigenvalue weighted by Gasteiger charge is 2.34. The van der Waals surface area contributed by atoms with Gasteiger partial charge in [0.15, 0.2) is 5.69 Å². The van der Waals surface area contributed by atoms with Gasteiger partial charge < -0.3 is 0 Å². The highest BCUT2D eigenvalue weighted by atomic mass is 79.9. The van der Waals surface area contributed by atoms with E-state index in [1.165, 1.54) is 0 Å². The van der Waals surface area contributed by atoms with E-state index in [-0.39, 0.29) is 0 Å². The molecule has 7 heteroatoms. The summed E-state index contributed by atoms with van der Waals surface area (Å²) >= 11 is 4.25. The monoisotopic (exact) mass is 349 g/mol. The molecule has 1 radical (unpaired) electrons. The molecule has 19 heavy (non-hydrogen) atoms. The smallest absolute Gasteiger partial charge is 0.260 e. The van der Waals surface area contributed by atoms with E-state index < -0.39 is 11.9 Å². The second-order valence-electron chi connectivity index (χ2n) is 3.79. The van der Waals surface area contributed by atoms with Gasteiger partial charge in [0.05, 0.1) is 0 Å². The fourth-order valence-electron chi connectivity index (χ4n) is 1.49. The van der Waals surface area contributed by atoms with E-state index in [0.717, 1.165) is 22.4 Å². The first kappa shape index (κ1) is 14.5. The molecule has 0 amide bonds. The number of pyridine rings is 1. The van der Waals surface area contributed by atoms with E-state index in [0.29, 0.717) is 27.9 Å². The van der Waals surface area contributed by atoms with Gasteiger partial charge in [-0.25, -0.2) is 4.98 Å². The lowest BCUT2D eigenvalue weighted by Gasteiger charge is -2.04. The quantitative estimate of drug-likeness (QED) is 0.798. The Morgan fingerprint density at radius 3 is 2.68 bits per heavy atom. The maximum Gasteiger partial charge on any atom is 0.434 e. The van der Waals surface area contributed by atoms with E-state index >= 15 is 0 Å². The van der Waals surface area contributed by atoms with Crippen LogP contribution >= 0.6 is 27.3 Å². The average molecular weight is 350 g/mol. The number of nitrogens with zero attached hydrogens (tertiary/aromatic N) is 2. The molecule has 2 heterocycles. The molecule has 0 aliphatic rings. The van der Waals surface area contributed by atoms with Crippen LogP contribution in [0, 0.1) is 6.92 Å². The summed E-state index contributed by atoms with van der Waals surface area (Å²) in [4.78, 5) is 7.81. The molecule has 0 fully saturated rings. The van der Waals surface area contributed by atoms with Gasteiger partial charge in [0.25, 0.3) is 0 Å². The number of aryl methyl sites for hydroxylation is 1. The SMILES string of the molecule is [CH2]CCc1cc(-c2nc(C(F)(F)F)cs2)c(Br)cn1. The number of rotatable bonds is 3. The molecule has 0 unspecified atom stereocenters. The molecule has 2 rings (SSSR count). The largest absolute Gasteiger partial charge is 0.434 e. The van der Waals surface area contributed by atoms with Gasteiger partial charge in [-0.15, -0.1) is 11.3 Å². The minimum atomic E-state index is -4.41. The molecule has 0 aliphatic heterocycles. The Labute approximate surface area is 120 Å². The highest BCUT2D eigenvalue weighted by Crippen LogP contribution is 2.36. The fraction of sp³-hybridized carbons (Fsp3) is 0.250. The second kappa shape index (κ2) is 5.58. The van der Waals surface area contributed by atoms with Gasteiger partial charge in [-0.3, -0.25) is 4.98 Å². The van der Waals surface area contributed by atoms with Crippen LogP contribution in [0.2, 0.25) is 0 Å². The van der Waals surface area contributed by atoms with Gasteiger partial charge in [-0.2, -0.15) is 13.2 Å². The van der Waals surface area contributed by atoms with Gasteiger partial charge >= 0.3 is 6.18 Å². The van der Waals surface area contributed by atoms with Crippen LogP contribution in [0.15, 0.2) is 22.1 Å². The maximum atomic E-state index is 12.5. The number of aromatic nitrogens is 2. The third-order valence-corrected chi connectivity index (χ3v) is 3.88. The van der Waals surface area contributed by atoms with Crippen molar-refractivity contribution in [3.63, 3.8) is 0 Å². The van der Waals surface area contributed by atoms with Crippen molar-refractivity contribution in [3.05, 3.63) is 40.4 Å². The van der Waals surface area contributed by atoms with Crippen LogP contribution in [0.4, 0.5) is 13.2 Å². The molecular weight excluding hydrogens is 341 g/mol. The summed E-state index contributed by atoms with van der Waals surface area (Å²) in [6.07, 6.45) is -1.48. The Hall–Kier alpha value is -0.950. The second-order valence-corrected chi connectivity index (χ2v) is 5.51. The third kappa shape index (κ3) is 3.33. The first-order valence-corrected chi connectivity index (χ1v) is 7.06. The number of hydrogen-bond acceptors (Lipinski definition) is 3. The van der Waals surface area contributed by atoms with E-state index in [9.17, 15) is 13.2 Å². The van der Waals surface area contributed by atoms with Crippen LogP contribution in [0.3, 0.4) is 0 Å². The van der Waals surface area contributed by atoms with E-state index in [1.54, 1.807) is 12.3 Å². The van der Waals surface area contributed by atoms with Gasteiger partial charge in [0, 0.05) is 27.3 Å². The maximum absolute atomic E-state index is 12.5. The van der Waals surface area contributed by atoms with Crippen molar-refractivity contribution in [1.82, 2.24) is 9.97 Å². The standard InChI is InChI=1S/C12H9BrF3N2S/c1-2-3-7-4-8(9(13)5-17-7)11-18-10(6-19-11)12(14,15)16/h4-6H,1-3H2. The van der Waals surface area contributed by atoms with Crippen molar-refractivity contribution in [1.29, 1.82) is 0 Å². The van der Waals surface area contributed by atoms with Crippen molar-refractivity contribution in [3.8, 4) is 10.6 Å². The molecule has 2 nitrogen and oxygen atoms in total. The summed E-state index contributed by atoms with van der Waals surface area (Å²) in [6, 6.07) is 1.74. The van der Waals surface area contributed by atoms with Crippen LogP contribution in [0.5, 0.6) is 0 Å². The molecule has 2 aromatic rings. The molecule has 0 atom stereocenters. The van der Waals surface area contributed by atoms with Crippen LogP contribution in [-0.2, 0) is 12.6 Å². The van der Waals surface area contributed by atoms with Crippen LogP contribution in [0.1, 0.15) is 17.8 Å². The van der Waals surface area contributed by atoms with Crippen LogP contribution < -0.4 is 0 Å². The van der Waals surface area contributed by atoms with Gasteiger partial charge in [0.1, 0.15) is 5.01 Å². The average Bonchev–Trinajstić information content (AvgIpc) is 2.81. The molecule has 0 aliphatic carbocycles. The minimum absolute atomic E-state index is 0.326.